The summed E-state index contributed by atoms with van der Waals surface area (Å²) in [4.78, 5) is 25.4. The second kappa shape index (κ2) is 7.90. The molecular weight excluding hydrogens is 428 g/mol. The van der Waals surface area contributed by atoms with Gasteiger partial charge in [0.15, 0.2) is 0 Å². The molecule has 0 unspecified atom stereocenters. The molecule has 1 aromatic heterocycles. The zero-order valence-electron chi connectivity index (χ0n) is 19.2. The molecule has 5 rings (SSSR count). The van der Waals surface area contributed by atoms with Crippen molar-refractivity contribution in [1.82, 2.24) is 20.2 Å². The number of rotatable bonds is 5. The van der Waals surface area contributed by atoms with E-state index in [9.17, 15) is 13.6 Å². The Hall–Kier alpha value is -2.81. The summed E-state index contributed by atoms with van der Waals surface area (Å²) in [5.41, 5.74) is 1.10. The average Bonchev–Trinajstić information content (AvgIpc) is 3.50. The smallest absolute Gasteiger partial charge is 0.322 e. The number of hydrogen-bond acceptors (Lipinski definition) is 5. The predicted octanol–water partition coefficient (Wildman–Crippen LogP) is 3.90. The lowest BCUT2D eigenvalue weighted by Crippen LogP contribution is -2.54. The molecule has 0 bridgehead atoms. The number of urea groups is 1. The number of benzene rings is 1. The maximum atomic E-state index is 14.0. The molecule has 2 saturated carbocycles. The Morgan fingerprint density at radius 2 is 1.79 bits per heavy atom. The molecule has 1 N–H and O–H groups in total. The van der Waals surface area contributed by atoms with Gasteiger partial charge in [0.1, 0.15) is 17.7 Å². The topological polar surface area (TPSA) is 70.6 Å². The van der Waals surface area contributed by atoms with E-state index in [-0.39, 0.29) is 12.1 Å². The summed E-state index contributed by atoms with van der Waals surface area (Å²) < 4.78 is 33.7. The standard InChI is InChI=1S/C24H29F2N5O2/c1-15-20(13-27-21(28-15)33-19-4-5-19)31-14-23(29-22(31)32)6-8-24(9-7-23,30(2)3)16-10-17(25)12-18(26)11-16/h10-13,19H,4-9,14H2,1-3H3,(H,29,32). The summed E-state index contributed by atoms with van der Waals surface area (Å²) in [6.07, 6.45) is 6.63. The number of carbonyl (C=O) groups excluding carboxylic acids is 1. The largest absolute Gasteiger partial charge is 0.460 e. The molecule has 1 aromatic carbocycles. The Balaban J connectivity index is 1.35. The van der Waals surface area contributed by atoms with Crippen molar-refractivity contribution in [2.75, 3.05) is 25.5 Å². The first-order valence-electron chi connectivity index (χ1n) is 11.4. The summed E-state index contributed by atoms with van der Waals surface area (Å²) in [5, 5.41) is 3.19. The van der Waals surface area contributed by atoms with Gasteiger partial charge in [-0.3, -0.25) is 9.80 Å². The zero-order chi connectivity index (χ0) is 23.4. The van der Waals surface area contributed by atoms with E-state index in [1.807, 2.05) is 25.9 Å². The fourth-order valence-electron chi connectivity index (χ4n) is 5.24. The predicted molar refractivity (Wildman–Crippen MR) is 119 cm³/mol. The molecule has 9 heteroatoms. The fourth-order valence-corrected chi connectivity index (χ4v) is 5.24. The van der Waals surface area contributed by atoms with E-state index < -0.39 is 22.7 Å². The van der Waals surface area contributed by atoms with Crippen LogP contribution < -0.4 is 15.0 Å². The Labute approximate surface area is 192 Å². The molecule has 33 heavy (non-hydrogen) atoms. The van der Waals surface area contributed by atoms with Crippen LogP contribution in [0.2, 0.25) is 0 Å². The number of halogens is 2. The van der Waals surface area contributed by atoms with Crippen LogP contribution in [0.1, 0.15) is 49.8 Å². The highest BCUT2D eigenvalue weighted by atomic mass is 19.1. The molecule has 2 aromatic rings. The summed E-state index contributed by atoms with van der Waals surface area (Å²) in [5.74, 6) is -1.15. The van der Waals surface area contributed by atoms with Crippen LogP contribution >= 0.6 is 0 Å². The van der Waals surface area contributed by atoms with Gasteiger partial charge in [0.25, 0.3) is 0 Å². The van der Waals surface area contributed by atoms with Crippen molar-refractivity contribution in [3.8, 4) is 6.01 Å². The van der Waals surface area contributed by atoms with Crippen molar-refractivity contribution in [1.29, 1.82) is 0 Å². The van der Waals surface area contributed by atoms with Gasteiger partial charge >= 0.3 is 12.0 Å². The zero-order valence-corrected chi connectivity index (χ0v) is 19.2. The van der Waals surface area contributed by atoms with Gasteiger partial charge in [-0.15, -0.1) is 0 Å². The van der Waals surface area contributed by atoms with Gasteiger partial charge in [-0.1, -0.05) is 0 Å². The Bertz CT molecular complexity index is 1060. The van der Waals surface area contributed by atoms with Gasteiger partial charge in [-0.2, -0.15) is 4.98 Å². The van der Waals surface area contributed by atoms with E-state index in [4.69, 9.17) is 4.74 Å². The third-order valence-electron chi connectivity index (χ3n) is 7.39. The van der Waals surface area contributed by atoms with Crippen LogP contribution in [0.15, 0.2) is 24.4 Å². The Morgan fingerprint density at radius 3 is 2.36 bits per heavy atom. The van der Waals surface area contributed by atoms with E-state index in [0.717, 1.165) is 18.9 Å². The van der Waals surface area contributed by atoms with Gasteiger partial charge in [-0.25, -0.2) is 18.6 Å². The van der Waals surface area contributed by atoms with Crippen LogP contribution in [-0.2, 0) is 5.54 Å². The molecule has 2 amide bonds. The Kier molecular flexibility index (Phi) is 5.27. The highest BCUT2D eigenvalue weighted by Crippen LogP contribution is 2.46. The van der Waals surface area contributed by atoms with Crippen molar-refractivity contribution in [3.05, 3.63) is 47.3 Å². The van der Waals surface area contributed by atoms with Crippen molar-refractivity contribution < 1.29 is 18.3 Å². The van der Waals surface area contributed by atoms with Gasteiger partial charge in [0, 0.05) is 11.6 Å². The number of anilines is 1. The van der Waals surface area contributed by atoms with Crippen LogP contribution in [-0.4, -0.2) is 53.2 Å². The van der Waals surface area contributed by atoms with Gasteiger partial charge < -0.3 is 10.1 Å². The van der Waals surface area contributed by atoms with E-state index in [0.29, 0.717) is 55.2 Å². The lowest BCUT2D eigenvalue weighted by molar-refractivity contribution is 0.0652. The number of ether oxygens (including phenoxy) is 1. The van der Waals surface area contributed by atoms with Crippen molar-refractivity contribution in [2.24, 2.45) is 0 Å². The molecule has 3 aliphatic rings. The van der Waals surface area contributed by atoms with E-state index >= 15 is 0 Å². The van der Waals surface area contributed by atoms with E-state index in [1.54, 1.807) is 11.1 Å². The van der Waals surface area contributed by atoms with Crippen LogP contribution in [0.25, 0.3) is 0 Å². The minimum atomic E-state index is -0.573. The molecule has 1 aliphatic heterocycles. The fraction of sp³-hybridized carbons (Fsp3) is 0.542. The third kappa shape index (κ3) is 4.03. The molecule has 1 saturated heterocycles. The molecule has 3 fully saturated rings. The highest BCUT2D eigenvalue weighted by molar-refractivity contribution is 5.95. The summed E-state index contributed by atoms with van der Waals surface area (Å²) in [6, 6.07) is 3.92. The second-order valence-electron chi connectivity index (χ2n) is 9.82. The number of aromatic nitrogens is 2. The minimum absolute atomic E-state index is 0.174. The first-order valence-corrected chi connectivity index (χ1v) is 11.4. The molecular formula is C24H29F2N5O2. The highest BCUT2D eigenvalue weighted by Gasteiger charge is 2.50. The van der Waals surface area contributed by atoms with E-state index in [1.165, 1.54) is 12.1 Å². The maximum absolute atomic E-state index is 14.0. The molecule has 0 atom stereocenters. The second-order valence-corrected chi connectivity index (χ2v) is 9.82. The molecule has 1 spiro atoms. The monoisotopic (exact) mass is 457 g/mol. The van der Waals surface area contributed by atoms with E-state index in [2.05, 4.69) is 15.3 Å². The Morgan fingerprint density at radius 1 is 1.12 bits per heavy atom. The average molecular weight is 458 g/mol. The lowest BCUT2D eigenvalue weighted by Gasteiger charge is -2.48. The molecule has 2 heterocycles. The third-order valence-corrected chi connectivity index (χ3v) is 7.39. The summed E-state index contributed by atoms with van der Waals surface area (Å²) in [6.45, 7) is 2.35. The number of aryl methyl sites for hydroxylation is 1. The molecule has 176 valence electrons. The minimum Gasteiger partial charge on any atom is -0.460 e. The van der Waals surface area contributed by atoms with Gasteiger partial charge in [-0.05, 0) is 77.2 Å². The van der Waals surface area contributed by atoms with Crippen LogP contribution in [0.3, 0.4) is 0 Å². The quantitative estimate of drug-likeness (QED) is 0.737. The van der Waals surface area contributed by atoms with Gasteiger partial charge in [0.05, 0.1) is 29.7 Å². The van der Waals surface area contributed by atoms with Crippen LogP contribution in [0, 0.1) is 18.6 Å². The number of hydrogen-bond donors (Lipinski definition) is 1. The van der Waals surface area contributed by atoms with Crippen LogP contribution in [0.4, 0.5) is 19.3 Å². The molecule has 2 aliphatic carbocycles. The summed E-state index contributed by atoms with van der Waals surface area (Å²) >= 11 is 0. The van der Waals surface area contributed by atoms with Crippen molar-refractivity contribution >= 4 is 11.7 Å². The normalized spacial score (nSPS) is 27.3. The van der Waals surface area contributed by atoms with Crippen molar-refractivity contribution in [3.63, 3.8) is 0 Å². The maximum Gasteiger partial charge on any atom is 0.322 e. The number of nitrogens with one attached hydrogen (secondary N) is 1. The first-order chi connectivity index (χ1) is 15.7. The number of amides is 2. The molecule has 0 radical (unpaired) electrons. The molecule has 7 nitrogen and oxygen atoms in total. The van der Waals surface area contributed by atoms with Crippen molar-refractivity contribution in [2.45, 2.75) is 62.6 Å². The summed E-state index contributed by atoms with van der Waals surface area (Å²) in [7, 11) is 3.87. The van der Waals surface area contributed by atoms with Gasteiger partial charge in [0.2, 0.25) is 0 Å². The SMILES string of the molecule is Cc1nc(OC2CC2)ncc1N1CC2(CCC(c3cc(F)cc(F)c3)(N(C)C)CC2)NC1=O. The first kappa shape index (κ1) is 22.0. The van der Waals surface area contributed by atoms with Crippen LogP contribution in [0.5, 0.6) is 6.01 Å². The number of carbonyl (C=O) groups is 1. The lowest BCUT2D eigenvalue weighted by atomic mass is 9.69. The number of nitrogens with zero attached hydrogens (tertiary/aromatic N) is 4.